The third-order valence-corrected chi connectivity index (χ3v) is 4.46. The fourth-order valence-electron chi connectivity index (χ4n) is 3.28. The van der Waals surface area contributed by atoms with Gasteiger partial charge in [-0.3, -0.25) is 4.79 Å². The molecule has 5 heteroatoms. The standard InChI is InChI=1S/C16H27NO4/c1-6-15(5)10-16(12(18)20-15)8-7-9-17(11-16)13(19)21-14(2,3)4/h6-11H2,1-5H3/t15-,16-/m1/s1. The summed E-state index contributed by atoms with van der Waals surface area (Å²) in [5.74, 6) is -0.153. The highest BCUT2D eigenvalue weighted by molar-refractivity contribution is 5.81. The van der Waals surface area contributed by atoms with Crippen molar-refractivity contribution in [3.05, 3.63) is 0 Å². The molecule has 21 heavy (non-hydrogen) atoms. The van der Waals surface area contributed by atoms with Crippen LogP contribution in [-0.2, 0) is 14.3 Å². The quantitative estimate of drug-likeness (QED) is 0.698. The van der Waals surface area contributed by atoms with E-state index in [4.69, 9.17) is 9.47 Å². The molecule has 0 unspecified atom stereocenters. The summed E-state index contributed by atoms with van der Waals surface area (Å²) in [7, 11) is 0. The molecule has 0 aromatic carbocycles. The Morgan fingerprint density at radius 3 is 2.62 bits per heavy atom. The normalized spacial score (nSPS) is 33.2. The number of hydrogen-bond donors (Lipinski definition) is 0. The maximum Gasteiger partial charge on any atom is 0.410 e. The van der Waals surface area contributed by atoms with Gasteiger partial charge in [0.25, 0.3) is 0 Å². The van der Waals surface area contributed by atoms with Crippen molar-refractivity contribution in [2.75, 3.05) is 13.1 Å². The van der Waals surface area contributed by atoms with Gasteiger partial charge in [0.2, 0.25) is 0 Å². The van der Waals surface area contributed by atoms with Crippen molar-refractivity contribution in [3.8, 4) is 0 Å². The summed E-state index contributed by atoms with van der Waals surface area (Å²) in [6.07, 6.45) is 2.76. The second kappa shape index (κ2) is 5.18. The molecule has 120 valence electrons. The lowest BCUT2D eigenvalue weighted by Crippen LogP contribution is -2.49. The lowest BCUT2D eigenvalue weighted by atomic mass is 9.74. The van der Waals surface area contributed by atoms with Crippen LogP contribution in [0.15, 0.2) is 0 Å². The summed E-state index contributed by atoms with van der Waals surface area (Å²) in [5, 5.41) is 0. The van der Waals surface area contributed by atoms with Crippen molar-refractivity contribution in [1.29, 1.82) is 0 Å². The molecule has 2 fully saturated rings. The average Bonchev–Trinajstić information content (AvgIpc) is 2.59. The molecular formula is C16H27NO4. The lowest BCUT2D eigenvalue weighted by Gasteiger charge is -2.38. The van der Waals surface area contributed by atoms with E-state index in [0.717, 1.165) is 19.3 Å². The van der Waals surface area contributed by atoms with E-state index in [2.05, 4.69) is 0 Å². The number of carbonyl (C=O) groups is 2. The highest BCUT2D eigenvalue weighted by Crippen LogP contribution is 2.47. The van der Waals surface area contributed by atoms with Crippen molar-refractivity contribution in [3.63, 3.8) is 0 Å². The van der Waals surface area contributed by atoms with Gasteiger partial charge in [0.1, 0.15) is 11.2 Å². The van der Waals surface area contributed by atoms with E-state index >= 15 is 0 Å². The van der Waals surface area contributed by atoms with Crippen molar-refractivity contribution in [2.24, 2.45) is 5.41 Å². The van der Waals surface area contributed by atoms with Gasteiger partial charge in [-0.1, -0.05) is 6.92 Å². The average molecular weight is 297 g/mol. The van der Waals surface area contributed by atoms with Crippen LogP contribution in [0, 0.1) is 5.41 Å². The first-order valence-electron chi connectivity index (χ1n) is 7.81. The Hall–Kier alpha value is -1.26. The molecule has 1 spiro atoms. The van der Waals surface area contributed by atoms with Crippen LogP contribution in [0.2, 0.25) is 0 Å². The first kappa shape index (κ1) is 16.1. The lowest BCUT2D eigenvalue weighted by molar-refractivity contribution is -0.155. The summed E-state index contributed by atoms with van der Waals surface area (Å²) in [6, 6.07) is 0. The minimum atomic E-state index is -0.542. The maximum atomic E-state index is 12.4. The number of carbonyl (C=O) groups excluding carboxylic acids is 2. The largest absolute Gasteiger partial charge is 0.459 e. The molecular weight excluding hydrogens is 270 g/mol. The van der Waals surface area contributed by atoms with Gasteiger partial charge in [-0.2, -0.15) is 0 Å². The first-order valence-corrected chi connectivity index (χ1v) is 7.81. The summed E-state index contributed by atoms with van der Waals surface area (Å²) in [4.78, 5) is 26.3. The Kier molecular flexibility index (Phi) is 3.98. The zero-order chi connectivity index (χ0) is 15.9. The predicted octanol–water partition coefficient (Wildman–Crippen LogP) is 3.12. The fourth-order valence-corrected chi connectivity index (χ4v) is 3.28. The third kappa shape index (κ3) is 3.33. The molecule has 0 bridgehead atoms. The monoisotopic (exact) mass is 297 g/mol. The van der Waals surface area contributed by atoms with Crippen molar-refractivity contribution in [1.82, 2.24) is 4.90 Å². The third-order valence-electron chi connectivity index (χ3n) is 4.46. The minimum Gasteiger partial charge on any atom is -0.459 e. The summed E-state index contributed by atoms with van der Waals surface area (Å²) in [5.41, 5.74) is -1.45. The number of likely N-dealkylation sites (tertiary alicyclic amines) is 1. The highest BCUT2D eigenvalue weighted by Gasteiger charge is 2.56. The molecule has 0 aromatic rings. The van der Waals surface area contributed by atoms with E-state index in [1.165, 1.54) is 0 Å². The van der Waals surface area contributed by atoms with Crippen LogP contribution >= 0.6 is 0 Å². The van der Waals surface area contributed by atoms with Gasteiger partial charge < -0.3 is 14.4 Å². The number of nitrogens with zero attached hydrogens (tertiary/aromatic N) is 1. The molecule has 2 aliphatic heterocycles. The van der Waals surface area contributed by atoms with Crippen LogP contribution in [0.25, 0.3) is 0 Å². The number of hydrogen-bond acceptors (Lipinski definition) is 4. The van der Waals surface area contributed by atoms with Gasteiger partial charge in [-0.15, -0.1) is 0 Å². The Morgan fingerprint density at radius 2 is 2.10 bits per heavy atom. The molecule has 0 N–H and O–H groups in total. The maximum absolute atomic E-state index is 12.4. The van der Waals surface area contributed by atoms with E-state index < -0.39 is 16.6 Å². The molecule has 0 saturated carbocycles. The molecule has 1 amide bonds. The minimum absolute atomic E-state index is 0.153. The Balaban J connectivity index is 2.11. The van der Waals surface area contributed by atoms with Gasteiger partial charge >= 0.3 is 12.1 Å². The van der Waals surface area contributed by atoms with Crippen LogP contribution in [0.5, 0.6) is 0 Å². The van der Waals surface area contributed by atoms with Gasteiger partial charge in [-0.05, 0) is 47.0 Å². The van der Waals surface area contributed by atoms with E-state index in [-0.39, 0.29) is 12.1 Å². The molecule has 0 aliphatic carbocycles. The number of rotatable bonds is 1. The van der Waals surface area contributed by atoms with Crippen LogP contribution in [0.1, 0.15) is 60.3 Å². The van der Waals surface area contributed by atoms with Crippen molar-refractivity contribution in [2.45, 2.75) is 71.5 Å². The van der Waals surface area contributed by atoms with E-state index in [1.807, 2.05) is 34.6 Å². The number of ether oxygens (including phenoxy) is 2. The second-order valence-corrected chi connectivity index (χ2v) is 7.66. The van der Waals surface area contributed by atoms with Gasteiger partial charge in [0.05, 0.1) is 5.41 Å². The molecule has 0 aromatic heterocycles. The summed E-state index contributed by atoms with van der Waals surface area (Å²) < 4.78 is 11.0. The van der Waals surface area contributed by atoms with Gasteiger partial charge in [-0.25, -0.2) is 4.79 Å². The molecule has 2 atom stereocenters. The SMILES string of the molecule is CC[C@]1(C)C[C@@]2(CCCN(C(=O)OC(C)(C)C)C2)C(=O)O1. The first-order chi connectivity index (χ1) is 9.59. The predicted molar refractivity (Wildman–Crippen MR) is 78.9 cm³/mol. The zero-order valence-corrected chi connectivity index (χ0v) is 13.8. The number of esters is 1. The molecule has 5 nitrogen and oxygen atoms in total. The van der Waals surface area contributed by atoms with Gasteiger partial charge in [0, 0.05) is 19.5 Å². The van der Waals surface area contributed by atoms with Crippen LogP contribution < -0.4 is 0 Å². The van der Waals surface area contributed by atoms with Crippen LogP contribution in [0.3, 0.4) is 0 Å². The van der Waals surface area contributed by atoms with Crippen LogP contribution in [0.4, 0.5) is 4.79 Å². The van der Waals surface area contributed by atoms with Crippen molar-refractivity contribution >= 4 is 12.1 Å². The Morgan fingerprint density at radius 1 is 1.43 bits per heavy atom. The summed E-state index contributed by atoms with van der Waals surface area (Å²) in [6.45, 7) is 10.6. The molecule has 2 rings (SSSR count). The molecule has 2 aliphatic rings. The number of amides is 1. The molecule has 2 heterocycles. The highest BCUT2D eigenvalue weighted by atomic mass is 16.6. The fraction of sp³-hybridized carbons (Fsp3) is 0.875. The number of cyclic esters (lactones) is 1. The Bertz CT molecular complexity index is 442. The van der Waals surface area contributed by atoms with Crippen LogP contribution in [-0.4, -0.2) is 41.3 Å². The smallest absolute Gasteiger partial charge is 0.410 e. The Labute approximate surface area is 127 Å². The van der Waals surface area contributed by atoms with Gasteiger partial charge in [0.15, 0.2) is 0 Å². The van der Waals surface area contributed by atoms with Crippen molar-refractivity contribution < 1.29 is 19.1 Å². The summed E-state index contributed by atoms with van der Waals surface area (Å²) >= 11 is 0. The van der Waals surface area contributed by atoms with E-state index in [0.29, 0.717) is 19.5 Å². The molecule has 2 saturated heterocycles. The second-order valence-electron chi connectivity index (χ2n) is 7.66. The zero-order valence-electron chi connectivity index (χ0n) is 13.8. The van der Waals surface area contributed by atoms with E-state index in [9.17, 15) is 9.59 Å². The topological polar surface area (TPSA) is 55.8 Å². The molecule has 0 radical (unpaired) electrons. The number of piperidine rings is 1. The van der Waals surface area contributed by atoms with E-state index in [1.54, 1.807) is 4.90 Å².